The highest BCUT2D eigenvalue weighted by atomic mass is 16.5. The van der Waals surface area contributed by atoms with Crippen LogP contribution in [0.4, 0.5) is 0 Å². The molecule has 0 aliphatic carbocycles. The van der Waals surface area contributed by atoms with E-state index in [4.69, 9.17) is 4.74 Å². The van der Waals surface area contributed by atoms with Crippen molar-refractivity contribution in [2.45, 2.75) is 26.1 Å². The summed E-state index contributed by atoms with van der Waals surface area (Å²) in [7, 11) is 0. The van der Waals surface area contributed by atoms with E-state index >= 15 is 0 Å². The van der Waals surface area contributed by atoms with Crippen LogP contribution < -0.4 is 10.1 Å². The highest BCUT2D eigenvalue weighted by Gasteiger charge is 2.16. The molecule has 0 aliphatic heterocycles. The molecule has 1 aromatic heterocycles. The molecule has 5 heteroatoms. The van der Waals surface area contributed by atoms with Crippen LogP contribution in [0.5, 0.6) is 5.75 Å². The zero-order valence-corrected chi connectivity index (χ0v) is 17.4. The van der Waals surface area contributed by atoms with Gasteiger partial charge in [-0.1, -0.05) is 79.7 Å². The van der Waals surface area contributed by atoms with Gasteiger partial charge in [0.05, 0.1) is 6.04 Å². The van der Waals surface area contributed by atoms with Crippen LogP contribution in [0.2, 0.25) is 0 Å². The number of amides is 1. The van der Waals surface area contributed by atoms with Crippen molar-refractivity contribution >= 4 is 5.91 Å². The van der Waals surface area contributed by atoms with E-state index in [1.165, 1.54) is 0 Å². The van der Waals surface area contributed by atoms with Crippen LogP contribution in [0.15, 0.2) is 97.2 Å². The standard InChI is InChI=1S/C26H25N3O2/c1-2-24(22-11-7-4-8-12-22)27-26(30)25-17-18-29(28-25)19-31-23-15-13-21(14-16-23)20-9-5-3-6-10-20/h3-18,24H,2,19H2,1H3,(H,27,30). The van der Waals surface area contributed by atoms with Gasteiger partial charge in [0, 0.05) is 6.20 Å². The van der Waals surface area contributed by atoms with Crippen LogP contribution >= 0.6 is 0 Å². The average Bonchev–Trinajstić information content (AvgIpc) is 3.32. The topological polar surface area (TPSA) is 56.2 Å². The molecule has 0 spiro atoms. The van der Waals surface area contributed by atoms with E-state index in [2.05, 4.69) is 22.5 Å². The molecule has 0 saturated carbocycles. The Kier molecular flexibility index (Phi) is 6.43. The Morgan fingerprint density at radius 3 is 2.23 bits per heavy atom. The van der Waals surface area contributed by atoms with Crippen molar-refractivity contribution in [2.75, 3.05) is 0 Å². The number of hydrogen-bond acceptors (Lipinski definition) is 3. The molecule has 5 nitrogen and oxygen atoms in total. The molecule has 4 rings (SSSR count). The summed E-state index contributed by atoms with van der Waals surface area (Å²) < 4.78 is 7.43. The smallest absolute Gasteiger partial charge is 0.272 e. The average molecular weight is 412 g/mol. The van der Waals surface area contributed by atoms with E-state index < -0.39 is 0 Å². The van der Waals surface area contributed by atoms with Crippen molar-refractivity contribution in [3.05, 3.63) is 108 Å². The molecule has 1 heterocycles. The van der Waals surface area contributed by atoms with Crippen molar-refractivity contribution < 1.29 is 9.53 Å². The maximum Gasteiger partial charge on any atom is 0.272 e. The Labute approximate surface area is 182 Å². The molecule has 0 radical (unpaired) electrons. The molecule has 31 heavy (non-hydrogen) atoms. The minimum Gasteiger partial charge on any atom is -0.471 e. The van der Waals surface area contributed by atoms with Gasteiger partial charge in [-0.3, -0.25) is 4.79 Å². The molecule has 0 fully saturated rings. The zero-order valence-electron chi connectivity index (χ0n) is 17.4. The van der Waals surface area contributed by atoms with Gasteiger partial charge in [0.2, 0.25) is 0 Å². The largest absolute Gasteiger partial charge is 0.471 e. The van der Waals surface area contributed by atoms with Gasteiger partial charge < -0.3 is 10.1 Å². The SMILES string of the molecule is CCC(NC(=O)c1ccn(COc2ccc(-c3ccccc3)cc2)n1)c1ccccc1. The number of carbonyl (C=O) groups is 1. The summed E-state index contributed by atoms with van der Waals surface area (Å²) in [6, 6.07) is 29.7. The zero-order chi connectivity index (χ0) is 21.5. The summed E-state index contributed by atoms with van der Waals surface area (Å²) >= 11 is 0. The van der Waals surface area contributed by atoms with Gasteiger partial charge in [-0.25, -0.2) is 4.68 Å². The highest BCUT2D eigenvalue weighted by molar-refractivity contribution is 5.92. The van der Waals surface area contributed by atoms with Crippen LogP contribution in [0, 0.1) is 0 Å². The van der Waals surface area contributed by atoms with Crippen molar-refractivity contribution in [3.63, 3.8) is 0 Å². The number of nitrogens with one attached hydrogen (secondary N) is 1. The Balaban J connectivity index is 1.34. The highest BCUT2D eigenvalue weighted by Crippen LogP contribution is 2.22. The monoisotopic (exact) mass is 411 g/mol. The van der Waals surface area contributed by atoms with Gasteiger partial charge in [0.1, 0.15) is 11.4 Å². The lowest BCUT2D eigenvalue weighted by molar-refractivity contribution is 0.0928. The fourth-order valence-electron chi connectivity index (χ4n) is 3.41. The van der Waals surface area contributed by atoms with E-state index in [-0.39, 0.29) is 18.7 Å². The fraction of sp³-hybridized carbons (Fsp3) is 0.154. The molecule has 0 saturated heterocycles. The second-order valence-corrected chi connectivity index (χ2v) is 7.25. The molecule has 156 valence electrons. The van der Waals surface area contributed by atoms with Crippen LogP contribution in [0.25, 0.3) is 11.1 Å². The molecule has 1 unspecified atom stereocenters. The van der Waals surface area contributed by atoms with Crippen LogP contribution in [-0.4, -0.2) is 15.7 Å². The number of nitrogens with zero attached hydrogens (tertiary/aromatic N) is 2. The van der Waals surface area contributed by atoms with E-state index in [1.807, 2.05) is 79.7 Å². The lowest BCUT2D eigenvalue weighted by Crippen LogP contribution is -2.28. The number of aromatic nitrogens is 2. The number of benzene rings is 3. The summed E-state index contributed by atoms with van der Waals surface area (Å²) in [6.45, 7) is 2.28. The van der Waals surface area contributed by atoms with Gasteiger partial charge in [-0.15, -0.1) is 0 Å². The maximum atomic E-state index is 12.6. The molecule has 4 aromatic rings. The predicted octanol–water partition coefficient (Wildman–Crippen LogP) is 5.47. The second-order valence-electron chi connectivity index (χ2n) is 7.25. The van der Waals surface area contributed by atoms with Crippen LogP contribution in [-0.2, 0) is 6.73 Å². The number of ether oxygens (including phenoxy) is 1. The molecule has 3 aromatic carbocycles. The summed E-state index contributed by atoms with van der Waals surface area (Å²) in [4.78, 5) is 12.6. The molecule has 1 N–H and O–H groups in total. The Bertz CT molecular complexity index is 1110. The summed E-state index contributed by atoms with van der Waals surface area (Å²) in [5.74, 6) is 0.554. The third kappa shape index (κ3) is 5.20. The van der Waals surface area contributed by atoms with Gasteiger partial charge >= 0.3 is 0 Å². The van der Waals surface area contributed by atoms with E-state index in [9.17, 15) is 4.79 Å². The quantitative estimate of drug-likeness (QED) is 0.418. The Morgan fingerprint density at radius 1 is 0.903 bits per heavy atom. The maximum absolute atomic E-state index is 12.6. The third-order valence-corrected chi connectivity index (χ3v) is 5.11. The molecular weight excluding hydrogens is 386 g/mol. The van der Waals surface area contributed by atoms with Crippen LogP contribution in [0.3, 0.4) is 0 Å². The van der Waals surface area contributed by atoms with Crippen molar-refractivity contribution in [2.24, 2.45) is 0 Å². The Morgan fingerprint density at radius 2 is 1.55 bits per heavy atom. The minimum atomic E-state index is -0.193. The fourth-order valence-corrected chi connectivity index (χ4v) is 3.41. The molecule has 0 bridgehead atoms. The van der Waals surface area contributed by atoms with Gasteiger partial charge in [0.15, 0.2) is 6.73 Å². The first-order valence-corrected chi connectivity index (χ1v) is 10.4. The lowest BCUT2D eigenvalue weighted by atomic mass is 10.0. The van der Waals surface area contributed by atoms with Crippen molar-refractivity contribution in [1.82, 2.24) is 15.1 Å². The first kappa shape index (κ1) is 20.4. The lowest BCUT2D eigenvalue weighted by Gasteiger charge is -2.16. The van der Waals surface area contributed by atoms with Gasteiger partial charge in [0.25, 0.3) is 5.91 Å². The summed E-state index contributed by atoms with van der Waals surface area (Å²) in [5.41, 5.74) is 3.75. The van der Waals surface area contributed by atoms with Gasteiger partial charge in [-0.2, -0.15) is 5.10 Å². The van der Waals surface area contributed by atoms with E-state index in [0.717, 1.165) is 28.9 Å². The number of carbonyl (C=O) groups excluding carboxylic acids is 1. The van der Waals surface area contributed by atoms with Crippen molar-refractivity contribution in [3.8, 4) is 16.9 Å². The van der Waals surface area contributed by atoms with E-state index in [0.29, 0.717) is 5.69 Å². The second kappa shape index (κ2) is 9.76. The minimum absolute atomic E-state index is 0.0433. The van der Waals surface area contributed by atoms with Crippen molar-refractivity contribution in [1.29, 1.82) is 0 Å². The normalized spacial score (nSPS) is 11.6. The molecule has 0 aliphatic rings. The van der Waals surface area contributed by atoms with Gasteiger partial charge in [-0.05, 0) is 41.3 Å². The summed E-state index contributed by atoms with van der Waals surface area (Å²) in [6.07, 6.45) is 2.55. The summed E-state index contributed by atoms with van der Waals surface area (Å²) in [5, 5.41) is 7.40. The third-order valence-electron chi connectivity index (χ3n) is 5.11. The Hall–Kier alpha value is -3.86. The predicted molar refractivity (Wildman–Crippen MR) is 122 cm³/mol. The molecule has 1 atom stereocenters. The number of rotatable bonds is 8. The number of hydrogen-bond donors (Lipinski definition) is 1. The molecular formula is C26H25N3O2. The van der Waals surface area contributed by atoms with E-state index in [1.54, 1.807) is 16.9 Å². The molecule has 1 amide bonds. The first-order valence-electron chi connectivity index (χ1n) is 10.4. The first-order chi connectivity index (χ1) is 15.2. The van der Waals surface area contributed by atoms with Crippen LogP contribution in [0.1, 0.15) is 35.4 Å².